The van der Waals surface area contributed by atoms with E-state index in [9.17, 15) is 8.78 Å². The van der Waals surface area contributed by atoms with Crippen LogP contribution in [0, 0.1) is 6.92 Å². The summed E-state index contributed by atoms with van der Waals surface area (Å²) >= 11 is 0. The first-order chi connectivity index (χ1) is 4.77. The van der Waals surface area contributed by atoms with E-state index in [4.69, 9.17) is 0 Å². The van der Waals surface area contributed by atoms with Crippen molar-refractivity contribution in [2.45, 2.75) is 45.0 Å². The summed E-state index contributed by atoms with van der Waals surface area (Å²) < 4.78 is 23.1. The molecule has 0 saturated heterocycles. The lowest BCUT2D eigenvalue weighted by Crippen LogP contribution is -1.89. The lowest BCUT2D eigenvalue weighted by molar-refractivity contribution is 0.133. The zero-order chi connectivity index (χ0) is 7.82. The SMILES string of the molecule is [CH2]CCCCCCC(F)F. The molecule has 0 saturated carbocycles. The van der Waals surface area contributed by atoms with Gasteiger partial charge in [0.2, 0.25) is 6.43 Å². The smallest absolute Gasteiger partial charge is 0.211 e. The molecule has 0 aromatic rings. The highest BCUT2D eigenvalue weighted by molar-refractivity contribution is 4.46. The summed E-state index contributed by atoms with van der Waals surface area (Å²) in [7, 11) is 0. The average Bonchev–Trinajstić information content (AvgIpc) is 1.87. The molecule has 0 nitrogen and oxygen atoms in total. The fourth-order valence-electron chi connectivity index (χ4n) is 0.829. The molecule has 0 aromatic carbocycles. The maximum atomic E-state index is 11.5. The average molecular weight is 149 g/mol. The van der Waals surface area contributed by atoms with Crippen LogP contribution in [-0.2, 0) is 0 Å². The number of hydrogen-bond donors (Lipinski definition) is 0. The van der Waals surface area contributed by atoms with Gasteiger partial charge in [0, 0.05) is 6.42 Å². The molecule has 0 fully saturated rings. The fourth-order valence-corrected chi connectivity index (χ4v) is 0.829. The van der Waals surface area contributed by atoms with Crippen LogP contribution in [0.4, 0.5) is 8.78 Å². The quantitative estimate of drug-likeness (QED) is 0.507. The Hall–Kier alpha value is -0.140. The van der Waals surface area contributed by atoms with E-state index < -0.39 is 6.43 Å². The first-order valence-corrected chi connectivity index (χ1v) is 3.84. The third kappa shape index (κ3) is 7.86. The summed E-state index contributed by atoms with van der Waals surface area (Å²) in [5.41, 5.74) is 0. The molecule has 0 aliphatic carbocycles. The Morgan fingerprint density at radius 1 is 1.00 bits per heavy atom. The van der Waals surface area contributed by atoms with E-state index in [2.05, 4.69) is 6.92 Å². The van der Waals surface area contributed by atoms with Gasteiger partial charge in [-0.1, -0.05) is 32.6 Å². The van der Waals surface area contributed by atoms with Crippen LogP contribution < -0.4 is 0 Å². The second-order valence-electron chi connectivity index (χ2n) is 2.45. The maximum absolute atomic E-state index is 11.5. The van der Waals surface area contributed by atoms with Gasteiger partial charge < -0.3 is 0 Å². The summed E-state index contributed by atoms with van der Waals surface area (Å²) in [5, 5.41) is 0. The van der Waals surface area contributed by atoms with Crippen molar-refractivity contribution in [2.75, 3.05) is 0 Å². The summed E-state index contributed by atoms with van der Waals surface area (Å²) in [6, 6.07) is 0. The number of hydrogen-bond acceptors (Lipinski definition) is 0. The van der Waals surface area contributed by atoms with Crippen LogP contribution in [0.15, 0.2) is 0 Å². The zero-order valence-corrected chi connectivity index (χ0v) is 6.28. The van der Waals surface area contributed by atoms with Gasteiger partial charge in [-0.05, 0) is 6.42 Å². The van der Waals surface area contributed by atoms with Crippen molar-refractivity contribution >= 4 is 0 Å². The molecule has 0 aliphatic rings. The molecule has 10 heavy (non-hydrogen) atoms. The lowest BCUT2D eigenvalue weighted by Gasteiger charge is -1.98. The van der Waals surface area contributed by atoms with E-state index in [-0.39, 0.29) is 6.42 Å². The molecule has 2 heteroatoms. The van der Waals surface area contributed by atoms with Crippen molar-refractivity contribution in [1.29, 1.82) is 0 Å². The Kier molecular flexibility index (Phi) is 6.88. The van der Waals surface area contributed by atoms with Gasteiger partial charge in [0.05, 0.1) is 0 Å². The molecule has 0 unspecified atom stereocenters. The van der Waals surface area contributed by atoms with Crippen LogP contribution >= 0.6 is 0 Å². The van der Waals surface area contributed by atoms with Gasteiger partial charge in [-0.15, -0.1) is 0 Å². The molecule has 0 amide bonds. The van der Waals surface area contributed by atoms with Crippen LogP contribution in [0.1, 0.15) is 38.5 Å². The Morgan fingerprint density at radius 2 is 1.60 bits per heavy atom. The highest BCUT2D eigenvalue weighted by Crippen LogP contribution is 2.09. The zero-order valence-electron chi connectivity index (χ0n) is 6.28. The third-order valence-electron chi connectivity index (χ3n) is 1.42. The summed E-state index contributed by atoms with van der Waals surface area (Å²) in [5.74, 6) is 0. The van der Waals surface area contributed by atoms with E-state index in [1.807, 2.05) is 0 Å². The van der Waals surface area contributed by atoms with Gasteiger partial charge in [0.15, 0.2) is 0 Å². The number of alkyl halides is 2. The largest absolute Gasteiger partial charge is 0.238 e. The fraction of sp³-hybridized carbons (Fsp3) is 0.875. The van der Waals surface area contributed by atoms with Crippen molar-refractivity contribution < 1.29 is 8.78 Å². The second kappa shape index (κ2) is 6.97. The number of unbranched alkanes of at least 4 members (excludes halogenated alkanes) is 4. The Bertz CT molecular complexity index is 62.3. The van der Waals surface area contributed by atoms with Crippen molar-refractivity contribution in [3.05, 3.63) is 6.92 Å². The van der Waals surface area contributed by atoms with Crippen LogP contribution in [0.2, 0.25) is 0 Å². The molecular weight excluding hydrogens is 134 g/mol. The second-order valence-corrected chi connectivity index (χ2v) is 2.45. The van der Waals surface area contributed by atoms with Crippen molar-refractivity contribution in [2.24, 2.45) is 0 Å². The summed E-state index contributed by atoms with van der Waals surface area (Å²) in [6.07, 6.45) is 2.60. The van der Waals surface area contributed by atoms with E-state index >= 15 is 0 Å². The first kappa shape index (κ1) is 9.86. The van der Waals surface area contributed by atoms with E-state index in [0.29, 0.717) is 6.42 Å². The Morgan fingerprint density at radius 3 is 2.10 bits per heavy atom. The predicted molar refractivity (Wildman–Crippen MR) is 39.1 cm³/mol. The molecule has 0 aromatic heterocycles. The molecule has 0 N–H and O–H groups in total. The molecular formula is C8H15F2. The van der Waals surface area contributed by atoms with Crippen molar-refractivity contribution in [3.8, 4) is 0 Å². The van der Waals surface area contributed by atoms with Gasteiger partial charge in [-0.2, -0.15) is 0 Å². The van der Waals surface area contributed by atoms with Crippen LogP contribution in [-0.4, -0.2) is 6.43 Å². The number of rotatable bonds is 6. The van der Waals surface area contributed by atoms with Gasteiger partial charge >= 0.3 is 0 Å². The lowest BCUT2D eigenvalue weighted by atomic mass is 10.1. The topological polar surface area (TPSA) is 0 Å². The maximum Gasteiger partial charge on any atom is 0.238 e. The minimum absolute atomic E-state index is 0.0666. The minimum atomic E-state index is -2.11. The predicted octanol–water partition coefficient (Wildman–Crippen LogP) is 3.43. The van der Waals surface area contributed by atoms with Crippen molar-refractivity contribution in [1.82, 2.24) is 0 Å². The van der Waals surface area contributed by atoms with E-state index in [1.165, 1.54) is 0 Å². The van der Waals surface area contributed by atoms with Gasteiger partial charge in [-0.3, -0.25) is 0 Å². The highest BCUT2D eigenvalue weighted by atomic mass is 19.3. The molecule has 0 atom stereocenters. The minimum Gasteiger partial charge on any atom is -0.211 e. The molecule has 0 bridgehead atoms. The Labute approximate surface area is 61.6 Å². The van der Waals surface area contributed by atoms with E-state index in [1.54, 1.807) is 0 Å². The van der Waals surface area contributed by atoms with Crippen molar-refractivity contribution in [3.63, 3.8) is 0 Å². The van der Waals surface area contributed by atoms with Crippen LogP contribution in [0.3, 0.4) is 0 Å². The van der Waals surface area contributed by atoms with Crippen LogP contribution in [0.5, 0.6) is 0 Å². The summed E-state index contributed by atoms with van der Waals surface area (Å²) in [6.45, 7) is 3.67. The monoisotopic (exact) mass is 149 g/mol. The molecule has 61 valence electrons. The summed E-state index contributed by atoms with van der Waals surface area (Å²) in [4.78, 5) is 0. The number of halogens is 2. The highest BCUT2D eigenvalue weighted by Gasteiger charge is 1.99. The molecule has 0 aliphatic heterocycles. The van der Waals surface area contributed by atoms with E-state index in [0.717, 1.165) is 25.7 Å². The first-order valence-electron chi connectivity index (χ1n) is 3.84. The standard InChI is InChI=1S/C8H15F2/c1-2-3-4-5-6-7-8(9)10/h8H,1-7H2. The molecule has 1 radical (unpaired) electrons. The van der Waals surface area contributed by atoms with Gasteiger partial charge in [-0.25, -0.2) is 8.78 Å². The van der Waals surface area contributed by atoms with Crippen LogP contribution in [0.25, 0.3) is 0 Å². The Balaban J connectivity index is 2.77. The normalized spacial score (nSPS) is 10.8. The molecule has 0 heterocycles. The molecule has 0 spiro atoms. The van der Waals surface area contributed by atoms with Gasteiger partial charge in [0.25, 0.3) is 0 Å². The van der Waals surface area contributed by atoms with Gasteiger partial charge in [0.1, 0.15) is 0 Å². The molecule has 0 rings (SSSR count). The third-order valence-corrected chi connectivity index (χ3v) is 1.42.